The van der Waals surface area contributed by atoms with E-state index in [1.54, 1.807) is 12.1 Å². The van der Waals surface area contributed by atoms with E-state index in [-0.39, 0.29) is 41.2 Å². The van der Waals surface area contributed by atoms with Crippen molar-refractivity contribution in [1.82, 2.24) is 5.01 Å². The summed E-state index contributed by atoms with van der Waals surface area (Å²) in [6.07, 6.45) is 7.32. The van der Waals surface area contributed by atoms with Gasteiger partial charge in [0, 0.05) is 24.7 Å². The monoisotopic (exact) mass is 410 g/mol. The van der Waals surface area contributed by atoms with Gasteiger partial charge < -0.3 is 9.64 Å². The molecule has 4 atom stereocenters. The molecule has 2 saturated heterocycles. The number of ether oxygens (including phenoxy) is 1. The van der Waals surface area contributed by atoms with Crippen LogP contribution < -0.4 is 4.90 Å². The lowest BCUT2D eigenvalue weighted by atomic mass is 9.63. The third kappa shape index (κ3) is 3.00. The Bertz CT molecular complexity index is 936. The number of nitro groups is 1. The van der Waals surface area contributed by atoms with Crippen LogP contribution in [-0.2, 0) is 14.3 Å². The number of anilines is 1. The fourth-order valence-corrected chi connectivity index (χ4v) is 5.14. The van der Waals surface area contributed by atoms with Crippen LogP contribution in [-0.4, -0.2) is 54.3 Å². The minimum atomic E-state index is -0.424. The van der Waals surface area contributed by atoms with Crippen molar-refractivity contribution in [2.24, 2.45) is 28.8 Å². The zero-order valence-corrected chi connectivity index (χ0v) is 16.3. The van der Waals surface area contributed by atoms with Gasteiger partial charge in [-0.2, -0.15) is 10.1 Å². The molecule has 9 heteroatoms. The van der Waals surface area contributed by atoms with Gasteiger partial charge in [-0.1, -0.05) is 18.2 Å². The van der Waals surface area contributed by atoms with Gasteiger partial charge in [0.2, 0.25) is 0 Å². The molecular formula is C21H22N4O5. The average Bonchev–Trinajstić information content (AvgIpc) is 3.05. The highest BCUT2D eigenvalue weighted by molar-refractivity contribution is 6.06. The molecule has 1 aromatic rings. The third-order valence-electron chi connectivity index (χ3n) is 6.61. The van der Waals surface area contributed by atoms with Gasteiger partial charge in [0.1, 0.15) is 5.69 Å². The van der Waals surface area contributed by atoms with Crippen LogP contribution in [0.2, 0.25) is 0 Å². The van der Waals surface area contributed by atoms with Crippen molar-refractivity contribution in [3.63, 3.8) is 0 Å². The van der Waals surface area contributed by atoms with E-state index in [1.165, 1.54) is 12.3 Å². The first kappa shape index (κ1) is 18.9. The molecule has 9 nitrogen and oxygen atoms in total. The highest BCUT2D eigenvalue weighted by atomic mass is 16.6. The number of fused-ring (bicyclic) bond motifs is 1. The first-order valence-electron chi connectivity index (χ1n) is 10.3. The summed E-state index contributed by atoms with van der Waals surface area (Å²) < 4.78 is 5.31. The number of hydrazone groups is 1. The zero-order chi connectivity index (χ0) is 20.8. The van der Waals surface area contributed by atoms with Gasteiger partial charge in [-0.25, -0.2) is 0 Å². The molecule has 5 aliphatic rings. The predicted molar refractivity (Wildman–Crippen MR) is 108 cm³/mol. The summed E-state index contributed by atoms with van der Waals surface area (Å²) in [6, 6.07) is 4.82. The Morgan fingerprint density at radius 1 is 1.07 bits per heavy atom. The normalized spacial score (nSPS) is 30.4. The van der Waals surface area contributed by atoms with Crippen LogP contribution >= 0.6 is 0 Å². The number of amides is 2. The second-order valence-electron chi connectivity index (χ2n) is 8.18. The van der Waals surface area contributed by atoms with Gasteiger partial charge in [0.15, 0.2) is 0 Å². The minimum absolute atomic E-state index is 0.0316. The van der Waals surface area contributed by atoms with E-state index in [0.717, 1.165) is 17.9 Å². The molecule has 156 valence electrons. The van der Waals surface area contributed by atoms with Gasteiger partial charge in [-0.3, -0.25) is 19.7 Å². The number of nitro benzene ring substituents is 1. The lowest BCUT2D eigenvalue weighted by molar-refractivity contribution is -0.384. The molecule has 30 heavy (non-hydrogen) atoms. The van der Waals surface area contributed by atoms with Crippen LogP contribution in [0.5, 0.6) is 0 Å². The summed E-state index contributed by atoms with van der Waals surface area (Å²) in [5.41, 5.74) is 0.966. The Hall–Kier alpha value is -3.07. The summed E-state index contributed by atoms with van der Waals surface area (Å²) in [5, 5.41) is 16.7. The minimum Gasteiger partial charge on any atom is -0.378 e. The van der Waals surface area contributed by atoms with Gasteiger partial charge in [0.25, 0.3) is 17.5 Å². The number of nitrogens with zero attached hydrogens (tertiary/aromatic N) is 4. The van der Waals surface area contributed by atoms with Crippen LogP contribution in [0.15, 0.2) is 35.5 Å². The number of imide groups is 1. The largest absolute Gasteiger partial charge is 0.378 e. The van der Waals surface area contributed by atoms with E-state index in [1.807, 2.05) is 4.90 Å². The SMILES string of the molecule is O=C1[C@@H]2[C@H](C(=O)N1/N=C\c1ccc(N3CCOCC3)c([N+](=O)[O-])c1)[C@H]1C=C[C@H]2CC1. The molecular weight excluding hydrogens is 388 g/mol. The Balaban J connectivity index is 1.39. The standard InChI is InChI=1S/C21H22N4O5/c26-20-18-14-2-3-15(5-4-14)19(18)21(27)24(20)22-12-13-1-6-16(17(11-13)25(28)29)23-7-9-30-10-8-23/h1-3,6,11-12,14-15,18-19H,4-5,7-10H2/b22-12-/t14-,15-,18-,19+/m0/s1. The first-order valence-corrected chi connectivity index (χ1v) is 10.3. The van der Waals surface area contributed by atoms with Crippen molar-refractivity contribution < 1.29 is 19.2 Å². The number of morpholine rings is 1. The van der Waals surface area contributed by atoms with Gasteiger partial charge >= 0.3 is 0 Å². The van der Waals surface area contributed by atoms with Crippen LogP contribution in [0, 0.1) is 33.8 Å². The summed E-state index contributed by atoms with van der Waals surface area (Å²) in [5.74, 6) is -0.969. The fourth-order valence-electron chi connectivity index (χ4n) is 5.14. The molecule has 0 radical (unpaired) electrons. The van der Waals surface area contributed by atoms with Crippen molar-refractivity contribution in [1.29, 1.82) is 0 Å². The predicted octanol–water partition coefficient (Wildman–Crippen LogP) is 1.96. The summed E-state index contributed by atoms with van der Waals surface area (Å²) in [6.45, 7) is 2.23. The van der Waals surface area contributed by atoms with Crippen molar-refractivity contribution >= 4 is 29.4 Å². The number of benzene rings is 1. The quantitative estimate of drug-likeness (QED) is 0.247. The smallest absolute Gasteiger partial charge is 0.293 e. The number of carbonyl (C=O) groups excluding carboxylic acids is 2. The van der Waals surface area contributed by atoms with Crippen molar-refractivity contribution in [2.45, 2.75) is 12.8 Å². The molecule has 0 spiro atoms. The van der Waals surface area contributed by atoms with E-state index >= 15 is 0 Å². The van der Waals surface area contributed by atoms with Gasteiger partial charge in [-0.15, -0.1) is 0 Å². The molecule has 0 aromatic heterocycles. The van der Waals surface area contributed by atoms with E-state index in [4.69, 9.17) is 4.74 Å². The second-order valence-corrected chi connectivity index (χ2v) is 8.18. The third-order valence-corrected chi connectivity index (χ3v) is 6.61. The number of hydrogen-bond donors (Lipinski definition) is 0. The Morgan fingerprint density at radius 2 is 1.70 bits per heavy atom. The molecule has 3 fully saturated rings. The highest BCUT2D eigenvalue weighted by Gasteiger charge is 2.56. The Kier molecular flexibility index (Phi) is 4.62. The topological polar surface area (TPSA) is 105 Å². The van der Waals surface area contributed by atoms with Crippen LogP contribution in [0.1, 0.15) is 18.4 Å². The molecule has 0 N–H and O–H groups in total. The summed E-state index contributed by atoms with van der Waals surface area (Å²) in [7, 11) is 0. The molecule has 1 saturated carbocycles. The van der Waals surface area contributed by atoms with Crippen molar-refractivity contribution in [3.05, 3.63) is 46.0 Å². The molecule has 2 aliphatic heterocycles. The second kappa shape index (κ2) is 7.32. The number of rotatable bonds is 4. The molecule has 2 heterocycles. The lowest BCUT2D eigenvalue weighted by Gasteiger charge is -2.37. The Labute approximate surface area is 173 Å². The maximum absolute atomic E-state index is 12.8. The molecule has 0 unspecified atom stereocenters. The molecule has 6 rings (SSSR count). The van der Waals surface area contributed by atoms with Gasteiger partial charge in [-0.05, 0) is 30.7 Å². The number of hydrogen-bond acceptors (Lipinski definition) is 7. The molecule has 2 bridgehead atoms. The van der Waals surface area contributed by atoms with Gasteiger partial charge in [0.05, 0.1) is 36.2 Å². The van der Waals surface area contributed by atoms with Crippen LogP contribution in [0.3, 0.4) is 0 Å². The van der Waals surface area contributed by atoms with E-state index in [2.05, 4.69) is 17.3 Å². The summed E-state index contributed by atoms with van der Waals surface area (Å²) >= 11 is 0. The van der Waals surface area contributed by atoms with Crippen LogP contribution in [0.4, 0.5) is 11.4 Å². The number of carbonyl (C=O) groups is 2. The van der Waals surface area contributed by atoms with Crippen molar-refractivity contribution in [2.75, 3.05) is 31.2 Å². The average molecular weight is 410 g/mol. The van der Waals surface area contributed by atoms with Crippen LogP contribution in [0.25, 0.3) is 0 Å². The first-order chi connectivity index (χ1) is 14.5. The van der Waals surface area contributed by atoms with Crippen molar-refractivity contribution in [3.8, 4) is 0 Å². The summed E-state index contributed by atoms with van der Waals surface area (Å²) in [4.78, 5) is 38.8. The molecule has 1 aromatic carbocycles. The van der Waals surface area contributed by atoms with E-state index in [0.29, 0.717) is 37.6 Å². The number of allylic oxidation sites excluding steroid dienone is 2. The zero-order valence-electron chi connectivity index (χ0n) is 16.3. The Morgan fingerprint density at radius 3 is 2.27 bits per heavy atom. The van der Waals surface area contributed by atoms with E-state index < -0.39 is 4.92 Å². The van der Waals surface area contributed by atoms with E-state index in [9.17, 15) is 19.7 Å². The maximum atomic E-state index is 12.8. The molecule has 3 aliphatic carbocycles. The molecule has 2 amide bonds. The lowest BCUT2D eigenvalue weighted by Crippen LogP contribution is -2.38. The highest BCUT2D eigenvalue weighted by Crippen LogP contribution is 2.49. The maximum Gasteiger partial charge on any atom is 0.293 e. The fraction of sp³-hybridized carbons (Fsp3) is 0.476.